The van der Waals surface area contributed by atoms with Gasteiger partial charge in [-0.15, -0.1) is 0 Å². The van der Waals surface area contributed by atoms with Crippen molar-refractivity contribution in [3.8, 4) is 22.3 Å². The minimum absolute atomic E-state index is 0. The zero-order valence-electron chi connectivity index (χ0n) is 29.8. The minimum Gasteiger partial charge on any atom is -1.00 e. The van der Waals surface area contributed by atoms with E-state index in [1.54, 1.807) is 6.20 Å². The van der Waals surface area contributed by atoms with E-state index in [9.17, 15) is 9.18 Å². The molecule has 0 aliphatic rings. The minimum atomic E-state index is -2.53. The van der Waals surface area contributed by atoms with Gasteiger partial charge in [0, 0.05) is 30.1 Å². The van der Waals surface area contributed by atoms with Crippen molar-refractivity contribution in [1.29, 1.82) is 0 Å². The molecule has 0 spiro atoms. The van der Waals surface area contributed by atoms with Crippen molar-refractivity contribution in [1.82, 2.24) is 15.3 Å². The monoisotopic (exact) mass is 781 g/mol. The maximum Gasteiger partial charge on any atom is 0.268 e. The van der Waals surface area contributed by atoms with E-state index in [1.165, 1.54) is 28.0 Å². The second-order valence-corrected chi connectivity index (χ2v) is 16.9. The maximum atomic E-state index is 14.6. The van der Waals surface area contributed by atoms with Gasteiger partial charge in [-0.3, -0.25) is 9.78 Å². The van der Waals surface area contributed by atoms with E-state index in [-0.39, 0.29) is 40.3 Å². The predicted octanol–water partition coefficient (Wildman–Crippen LogP) is 6.55. The Labute approximate surface area is 322 Å². The molecule has 7 aromatic rings. The van der Waals surface area contributed by atoms with E-state index < -0.39 is 7.26 Å². The Hall–Kier alpha value is -5.16. The number of nitrogens with zero attached hydrogens (tertiary/aromatic N) is 1. The van der Waals surface area contributed by atoms with Gasteiger partial charge in [0.05, 0.1) is 5.69 Å². The van der Waals surface area contributed by atoms with Gasteiger partial charge in [0.15, 0.2) is 0 Å². The van der Waals surface area contributed by atoms with Crippen molar-refractivity contribution in [2.24, 2.45) is 5.92 Å². The summed E-state index contributed by atoms with van der Waals surface area (Å²) in [6, 6.07) is 53.2. The summed E-state index contributed by atoms with van der Waals surface area (Å²) >= 11 is 0. The van der Waals surface area contributed by atoms with Crippen LogP contribution in [-0.2, 0) is 6.42 Å². The van der Waals surface area contributed by atoms with Gasteiger partial charge in [0.25, 0.3) is 5.91 Å². The molecule has 0 radical (unpaired) electrons. The molecule has 1 unspecified atom stereocenters. The number of hydrogen-bond acceptors (Lipinski definition) is 2. The predicted molar refractivity (Wildman–Crippen MR) is 215 cm³/mol. The van der Waals surface area contributed by atoms with Gasteiger partial charge in [0.2, 0.25) is 0 Å². The Morgan fingerprint density at radius 1 is 0.679 bits per heavy atom. The normalized spacial score (nSPS) is 11.8. The molecule has 4 nitrogen and oxygen atoms in total. The lowest BCUT2D eigenvalue weighted by Gasteiger charge is -2.37. The topological polar surface area (TPSA) is 57.8 Å². The van der Waals surface area contributed by atoms with Gasteiger partial charge in [-0.1, -0.05) is 117 Å². The zero-order valence-corrected chi connectivity index (χ0v) is 32.3. The van der Waals surface area contributed by atoms with Crippen LogP contribution in [0.3, 0.4) is 0 Å². The molecule has 53 heavy (non-hydrogen) atoms. The molecule has 5 aromatic carbocycles. The number of carbonyl (C=O) groups excluding carboxylic acids is 1. The summed E-state index contributed by atoms with van der Waals surface area (Å²) < 4.78 is 14.6. The van der Waals surface area contributed by atoms with Crippen molar-refractivity contribution >= 4 is 29.1 Å². The first-order valence-electron chi connectivity index (χ1n) is 17.8. The van der Waals surface area contributed by atoms with Gasteiger partial charge < -0.3 is 27.3 Å². The number of nitrogens with one attached hydrogen (secondary N) is 2. The maximum absolute atomic E-state index is 14.6. The summed E-state index contributed by atoms with van der Waals surface area (Å²) in [5, 5.41) is 6.95. The van der Waals surface area contributed by atoms with Crippen molar-refractivity contribution < 1.29 is 26.2 Å². The Kier molecular flexibility index (Phi) is 12.1. The number of aromatic nitrogens is 2. The molecule has 0 aliphatic heterocycles. The van der Waals surface area contributed by atoms with E-state index in [4.69, 9.17) is 0 Å². The third-order valence-electron chi connectivity index (χ3n) is 9.71. The van der Waals surface area contributed by atoms with Crippen LogP contribution in [0.4, 0.5) is 4.39 Å². The number of carbonyl (C=O) groups is 1. The van der Waals surface area contributed by atoms with E-state index in [1.807, 2.05) is 60.8 Å². The molecule has 0 saturated carbocycles. The van der Waals surface area contributed by atoms with Gasteiger partial charge >= 0.3 is 0 Å². The molecule has 1 amide bonds. The van der Waals surface area contributed by atoms with Crippen LogP contribution in [0.2, 0.25) is 0 Å². The van der Waals surface area contributed by atoms with Crippen LogP contribution in [0, 0.1) is 11.7 Å². The van der Waals surface area contributed by atoms with Crippen molar-refractivity contribution in [3.63, 3.8) is 0 Å². The van der Waals surface area contributed by atoms with Crippen molar-refractivity contribution in [3.05, 3.63) is 193 Å². The fourth-order valence-electron chi connectivity index (χ4n) is 7.57. The highest BCUT2D eigenvalue weighted by Crippen LogP contribution is 2.70. The average Bonchev–Trinajstić information content (AvgIpc) is 3.58. The van der Waals surface area contributed by atoms with Gasteiger partial charge in [-0.25, -0.2) is 4.39 Å². The average molecular weight is 783 g/mol. The SMILES string of the molecule is CC(C)C(c1[nH]c(C(=O)NCCc2cccnc2)c(-c2ccccc2)c1-c1ccc(F)cc1)[P+](c1ccccc1)(c1ccccc1)c1ccccc1.[Br-]. The van der Waals surface area contributed by atoms with Crippen LogP contribution in [-0.4, -0.2) is 22.4 Å². The number of halogens is 2. The molecule has 1 atom stereocenters. The lowest BCUT2D eigenvalue weighted by Crippen LogP contribution is -3.00. The molecular formula is C46H42BrFN3OP. The number of amides is 1. The van der Waals surface area contributed by atoms with E-state index in [0.29, 0.717) is 18.7 Å². The van der Waals surface area contributed by atoms with E-state index >= 15 is 0 Å². The Balaban J connectivity index is 0.00000481. The molecule has 2 N–H and O–H groups in total. The molecule has 266 valence electrons. The summed E-state index contributed by atoms with van der Waals surface area (Å²) in [7, 11) is -2.53. The van der Waals surface area contributed by atoms with Gasteiger partial charge in [-0.05, 0) is 83.6 Å². The highest BCUT2D eigenvalue weighted by Gasteiger charge is 2.56. The third-order valence-corrected chi connectivity index (χ3v) is 14.7. The number of H-pyrrole nitrogens is 1. The van der Waals surface area contributed by atoms with Crippen LogP contribution in [0.1, 0.15) is 41.3 Å². The molecular weight excluding hydrogens is 740 g/mol. The Morgan fingerprint density at radius 2 is 1.19 bits per heavy atom. The summed E-state index contributed by atoms with van der Waals surface area (Å²) in [5.74, 6) is -0.393. The number of aromatic amines is 1. The van der Waals surface area contributed by atoms with Crippen LogP contribution >= 0.6 is 7.26 Å². The quantitative estimate of drug-likeness (QED) is 0.138. The molecule has 2 heterocycles. The van der Waals surface area contributed by atoms with Crippen molar-refractivity contribution in [2.45, 2.75) is 25.9 Å². The van der Waals surface area contributed by atoms with Crippen LogP contribution < -0.4 is 38.2 Å². The van der Waals surface area contributed by atoms with E-state index in [2.05, 4.69) is 120 Å². The molecule has 7 rings (SSSR count). The highest BCUT2D eigenvalue weighted by molar-refractivity contribution is 7.96. The first-order chi connectivity index (χ1) is 25.5. The molecule has 2 aromatic heterocycles. The third kappa shape index (κ3) is 7.67. The summed E-state index contributed by atoms with van der Waals surface area (Å²) in [6.07, 6.45) is 4.23. The summed E-state index contributed by atoms with van der Waals surface area (Å²) in [4.78, 5) is 22.6. The number of benzene rings is 5. The summed E-state index contributed by atoms with van der Waals surface area (Å²) in [6.45, 7) is 5.00. The second kappa shape index (κ2) is 17.1. The van der Waals surface area contributed by atoms with Crippen LogP contribution in [0.5, 0.6) is 0 Å². The fourth-order valence-corrected chi connectivity index (χ4v) is 12.8. The Bertz CT molecular complexity index is 2120. The lowest BCUT2D eigenvalue weighted by molar-refractivity contribution is -0.0000192. The van der Waals surface area contributed by atoms with Crippen LogP contribution in [0.15, 0.2) is 170 Å². The Morgan fingerprint density at radius 3 is 1.68 bits per heavy atom. The van der Waals surface area contributed by atoms with Gasteiger partial charge in [0.1, 0.15) is 40.3 Å². The van der Waals surface area contributed by atoms with Crippen molar-refractivity contribution in [2.75, 3.05) is 6.54 Å². The molecule has 7 heteroatoms. The number of rotatable bonds is 12. The largest absolute Gasteiger partial charge is 1.00 e. The molecule has 0 fully saturated rings. The van der Waals surface area contributed by atoms with Gasteiger partial charge in [-0.2, -0.15) is 0 Å². The molecule has 0 saturated heterocycles. The first kappa shape index (κ1) is 37.6. The number of pyridine rings is 1. The molecule has 0 bridgehead atoms. The second-order valence-electron chi connectivity index (χ2n) is 13.3. The zero-order chi connectivity index (χ0) is 35.9. The first-order valence-corrected chi connectivity index (χ1v) is 19.6. The highest BCUT2D eigenvalue weighted by atomic mass is 79.9. The smallest absolute Gasteiger partial charge is 0.268 e. The fraction of sp³-hybridized carbons (Fsp3) is 0.130. The lowest BCUT2D eigenvalue weighted by atomic mass is 9.92. The van der Waals surface area contributed by atoms with Crippen LogP contribution in [0.25, 0.3) is 22.3 Å². The number of hydrogen-bond donors (Lipinski definition) is 2. The molecule has 0 aliphatic carbocycles. The van der Waals surface area contributed by atoms with E-state index in [0.717, 1.165) is 33.5 Å². The summed E-state index contributed by atoms with van der Waals surface area (Å²) in [5.41, 5.74) is 5.86. The standard InChI is InChI=1S/C46H41FN3OP.BrH/c1-33(2)45(52(38-19-9-4-10-20-38,39-21-11-5-12-22-39)40-23-13-6-14-24-40)43-41(36-25-27-37(47)28-26-36)42(35-17-7-3-8-18-35)44(50-43)46(51)49-31-29-34-16-15-30-48-32-34;/h3-28,30,32-33,45H,29,31H2,1-2H3,(H-,49,50,51);1H.